The molecule has 0 aliphatic carbocycles. The molecule has 1 fully saturated rings. The zero-order chi connectivity index (χ0) is 20.7. The lowest BCUT2D eigenvalue weighted by molar-refractivity contribution is 0.180. The molecule has 0 saturated carbocycles. The number of likely N-dealkylation sites (tertiary alicyclic amines) is 1. The monoisotopic (exact) mass is 403 g/mol. The lowest BCUT2D eigenvalue weighted by Gasteiger charge is -2.27. The van der Waals surface area contributed by atoms with Gasteiger partial charge in [-0.05, 0) is 57.5 Å². The van der Waals surface area contributed by atoms with E-state index in [4.69, 9.17) is 9.73 Å². The molecule has 0 radical (unpaired) electrons. The van der Waals surface area contributed by atoms with E-state index >= 15 is 0 Å². The number of hydrogen-bond donors (Lipinski definition) is 2. The first-order valence-electron chi connectivity index (χ1n) is 11.2. The molecule has 0 bridgehead atoms. The largest absolute Gasteiger partial charge is 0.385 e. The van der Waals surface area contributed by atoms with E-state index in [1.54, 1.807) is 7.11 Å². The summed E-state index contributed by atoms with van der Waals surface area (Å²) in [4.78, 5) is 9.75. The highest BCUT2D eigenvalue weighted by Crippen LogP contribution is 2.16. The average Bonchev–Trinajstić information content (AvgIpc) is 2.74. The Kier molecular flexibility index (Phi) is 11.7. The molecular weight excluding hydrogens is 362 g/mol. The standard InChI is InChI=1S/C23H41N5O/c1-4-24-23(25-13-17-27(2)14-10-18-29-3)26-19-21-11-6-7-12-22(21)20-28-15-8-5-9-16-28/h6-7,11-12H,4-5,8-10,13-20H2,1-3H3,(H2,24,25,26). The molecule has 164 valence electrons. The van der Waals surface area contributed by atoms with Gasteiger partial charge < -0.3 is 20.3 Å². The van der Waals surface area contributed by atoms with E-state index in [2.05, 4.69) is 58.7 Å². The Hall–Kier alpha value is -1.63. The van der Waals surface area contributed by atoms with Gasteiger partial charge in [0.25, 0.3) is 0 Å². The zero-order valence-corrected chi connectivity index (χ0v) is 18.8. The SMILES string of the molecule is CCNC(=NCc1ccccc1CN1CCCCC1)NCCN(C)CCCOC. The minimum absolute atomic E-state index is 0.711. The summed E-state index contributed by atoms with van der Waals surface area (Å²) in [5.41, 5.74) is 2.74. The van der Waals surface area contributed by atoms with Crippen LogP contribution in [0.3, 0.4) is 0 Å². The predicted molar refractivity (Wildman–Crippen MR) is 122 cm³/mol. The van der Waals surface area contributed by atoms with Crippen molar-refractivity contribution in [3.8, 4) is 0 Å². The summed E-state index contributed by atoms with van der Waals surface area (Å²) in [6, 6.07) is 8.75. The summed E-state index contributed by atoms with van der Waals surface area (Å²) in [7, 11) is 3.91. The van der Waals surface area contributed by atoms with Crippen LogP contribution < -0.4 is 10.6 Å². The summed E-state index contributed by atoms with van der Waals surface area (Å²) < 4.78 is 5.12. The molecule has 2 rings (SSSR count). The Bertz CT molecular complexity index is 586. The number of benzene rings is 1. The molecule has 1 aromatic rings. The van der Waals surface area contributed by atoms with Crippen molar-refractivity contribution >= 4 is 5.96 Å². The highest BCUT2D eigenvalue weighted by Gasteiger charge is 2.12. The van der Waals surface area contributed by atoms with Gasteiger partial charge in [0.1, 0.15) is 0 Å². The third-order valence-corrected chi connectivity index (χ3v) is 5.39. The highest BCUT2D eigenvalue weighted by molar-refractivity contribution is 5.79. The predicted octanol–water partition coefficient (Wildman–Crippen LogP) is 2.70. The molecule has 1 aliphatic heterocycles. The van der Waals surface area contributed by atoms with Gasteiger partial charge >= 0.3 is 0 Å². The minimum Gasteiger partial charge on any atom is -0.385 e. The van der Waals surface area contributed by atoms with Crippen molar-refractivity contribution < 1.29 is 4.74 Å². The van der Waals surface area contributed by atoms with Crippen LogP contribution in [0.5, 0.6) is 0 Å². The molecule has 2 N–H and O–H groups in total. The molecule has 1 heterocycles. The first-order valence-corrected chi connectivity index (χ1v) is 11.2. The molecule has 0 atom stereocenters. The summed E-state index contributed by atoms with van der Waals surface area (Å²) >= 11 is 0. The van der Waals surface area contributed by atoms with Crippen LogP contribution in [0.4, 0.5) is 0 Å². The van der Waals surface area contributed by atoms with Crippen LogP contribution >= 0.6 is 0 Å². The number of ether oxygens (including phenoxy) is 1. The maximum absolute atomic E-state index is 5.12. The number of aliphatic imine (C=N–C) groups is 1. The van der Waals surface area contributed by atoms with Gasteiger partial charge in [0.15, 0.2) is 5.96 Å². The number of methoxy groups -OCH3 is 1. The van der Waals surface area contributed by atoms with Gasteiger partial charge in [-0.3, -0.25) is 4.90 Å². The van der Waals surface area contributed by atoms with E-state index in [0.29, 0.717) is 6.54 Å². The van der Waals surface area contributed by atoms with Gasteiger partial charge in [-0.1, -0.05) is 30.7 Å². The number of hydrogen-bond acceptors (Lipinski definition) is 4. The van der Waals surface area contributed by atoms with Crippen LogP contribution in [0.2, 0.25) is 0 Å². The second kappa shape index (κ2) is 14.4. The van der Waals surface area contributed by atoms with Crippen molar-refractivity contribution in [1.82, 2.24) is 20.4 Å². The molecule has 0 spiro atoms. The fourth-order valence-electron chi connectivity index (χ4n) is 3.69. The minimum atomic E-state index is 0.711. The van der Waals surface area contributed by atoms with Gasteiger partial charge in [0.05, 0.1) is 6.54 Å². The molecule has 29 heavy (non-hydrogen) atoms. The second-order valence-corrected chi connectivity index (χ2v) is 7.88. The van der Waals surface area contributed by atoms with E-state index in [9.17, 15) is 0 Å². The van der Waals surface area contributed by atoms with Crippen LogP contribution in [0.15, 0.2) is 29.3 Å². The summed E-state index contributed by atoms with van der Waals surface area (Å²) in [5, 5.41) is 6.84. The van der Waals surface area contributed by atoms with E-state index in [0.717, 1.165) is 51.7 Å². The van der Waals surface area contributed by atoms with Crippen LogP contribution in [0, 0.1) is 0 Å². The third-order valence-electron chi connectivity index (χ3n) is 5.39. The van der Waals surface area contributed by atoms with Crippen molar-refractivity contribution in [3.05, 3.63) is 35.4 Å². The molecule has 0 aromatic heterocycles. The van der Waals surface area contributed by atoms with E-state index in [1.165, 1.54) is 43.5 Å². The van der Waals surface area contributed by atoms with Crippen LogP contribution in [0.1, 0.15) is 43.7 Å². The Labute approximate surface area is 177 Å². The van der Waals surface area contributed by atoms with E-state index in [1.807, 2.05) is 0 Å². The Balaban J connectivity index is 1.85. The van der Waals surface area contributed by atoms with Gasteiger partial charge in [-0.15, -0.1) is 0 Å². The van der Waals surface area contributed by atoms with Crippen LogP contribution in [0.25, 0.3) is 0 Å². The van der Waals surface area contributed by atoms with Gasteiger partial charge in [-0.25, -0.2) is 4.99 Å². The number of likely N-dealkylation sites (N-methyl/N-ethyl adjacent to an activating group) is 1. The molecule has 6 heteroatoms. The zero-order valence-electron chi connectivity index (χ0n) is 18.8. The van der Waals surface area contributed by atoms with Gasteiger partial charge in [-0.2, -0.15) is 0 Å². The fourth-order valence-corrected chi connectivity index (χ4v) is 3.69. The molecule has 1 saturated heterocycles. The smallest absolute Gasteiger partial charge is 0.191 e. The van der Waals surface area contributed by atoms with Crippen LogP contribution in [-0.4, -0.2) is 75.8 Å². The third kappa shape index (κ3) is 9.61. The summed E-state index contributed by atoms with van der Waals surface area (Å²) in [5.74, 6) is 0.894. The highest BCUT2D eigenvalue weighted by atomic mass is 16.5. The second-order valence-electron chi connectivity index (χ2n) is 7.88. The molecule has 6 nitrogen and oxygen atoms in total. The normalized spacial score (nSPS) is 15.7. The van der Waals surface area contributed by atoms with Gasteiger partial charge in [0.2, 0.25) is 0 Å². The number of guanidine groups is 1. The molecule has 1 aromatic carbocycles. The number of nitrogens with one attached hydrogen (secondary N) is 2. The maximum Gasteiger partial charge on any atom is 0.191 e. The van der Waals surface area contributed by atoms with Crippen molar-refractivity contribution in [3.63, 3.8) is 0 Å². The van der Waals surface area contributed by atoms with Crippen LogP contribution in [-0.2, 0) is 17.8 Å². The quantitative estimate of drug-likeness (QED) is 0.319. The fraction of sp³-hybridized carbons (Fsp3) is 0.696. The Morgan fingerprint density at radius 2 is 1.86 bits per heavy atom. The molecule has 1 aliphatic rings. The molecule has 0 amide bonds. The number of nitrogens with zero attached hydrogens (tertiary/aromatic N) is 3. The van der Waals surface area contributed by atoms with Crippen molar-refractivity contribution in [2.24, 2.45) is 4.99 Å². The first-order chi connectivity index (χ1) is 14.2. The summed E-state index contributed by atoms with van der Waals surface area (Å²) in [6.45, 7) is 10.9. The molecular formula is C23H41N5O. The van der Waals surface area contributed by atoms with E-state index in [-0.39, 0.29) is 0 Å². The lowest BCUT2D eigenvalue weighted by atomic mass is 10.1. The van der Waals surface area contributed by atoms with E-state index < -0.39 is 0 Å². The Morgan fingerprint density at radius 1 is 1.10 bits per heavy atom. The lowest BCUT2D eigenvalue weighted by Crippen LogP contribution is -2.41. The molecule has 0 unspecified atom stereocenters. The Morgan fingerprint density at radius 3 is 2.59 bits per heavy atom. The van der Waals surface area contributed by atoms with Crippen molar-refractivity contribution in [2.75, 3.05) is 60.0 Å². The summed E-state index contributed by atoms with van der Waals surface area (Å²) in [6.07, 6.45) is 5.10. The van der Waals surface area contributed by atoms with Crippen molar-refractivity contribution in [2.45, 2.75) is 45.7 Å². The first kappa shape index (κ1) is 23.6. The number of rotatable bonds is 12. The van der Waals surface area contributed by atoms with Crippen molar-refractivity contribution in [1.29, 1.82) is 0 Å². The average molecular weight is 404 g/mol. The maximum atomic E-state index is 5.12. The van der Waals surface area contributed by atoms with Gasteiger partial charge in [0, 0.05) is 46.4 Å². The topological polar surface area (TPSA) is 52.1 Å². The number of piperidine rings is 1.